The lowest BCUT2D eigenvalue weighted by atomic mass is 10.4. The normalized spacial score (nSPS) is 9.93. The number of pyridine rings is 2. The number of halogens is 1. The van der Waals surface area contributed by atoms with Gasteiger partial charge < -0.3 is 10.5 Å². The Kier molecular flexibility index (Phi) is 2.82. The minimum absolute atomic E-state index is 0.438. The maximum Gasteiger partial charge on any atom is 0.147 e. The van der Waals surface area contributed by atoms with Gasteiger partial charge in [0.2, 0.25) is 0 Å². The molecule has 2 aromatic rings. The average Bonchev–Trinajstić information content (AvgIpc) is 2.25. The predicted molar refractivity (Wildman–Crippen MR) is 60.7 cm³/mol. The van der Waals surface area contributed by atoms with E-state index in [1.54, 1.807) is 30.7 Å². The van der Waals surface area contributed by atoms with Gasteiger partial charge >= 0.3 is 0 Å². The summed E-state index contributed by atoms with van der Waals surface area (Å²) in [5.41, 5.74) is 5.56. The largest absolute Gasteiger partial charge is 0.454 e. The van der Waals surface area contributed by atoms with Gasteiger partial charge in [-0.25, -0.2) is 4.98 Å². The van der Waals surface area contributed by atoms with Gasteiger partial charge in [0.05, 0.1) is 16.9 Å². The van der Waals surface area contributed by atoms with Crippen molar-refractivity contribution in [3.8, 4) is 11.5 Å². The van der Waals surface area contributed by atoms with E-state index in [1.165, 1.54) is 0 Å². The molecule has 0 aliphatic rings. The predicted octanol–water partition coefficient (Wildman–Crippen LogP) is 2.61. The van der Waals surface area contributed by atoms with Crippen LogP contribution in [-0.2, 0) is 0 Å². The Morgan fingerprint density at radius 2 is 2.13 bits per heavy atom. The molecule has 0 aliphatic carbocycles. The van der Waals surface area contributed by atoms with Crippen LogP contribution in [0.5, 0.6) is 11.5 Å². The fourth-order valence-electron chi connectivity index (χ4n) is 1.03. The summed E-state index contributed by atoms with van der Waals surface area (Å²) >= 11 is 3.28. The van der Waals surface area contributed by atoms with E-state index in [1.807, 2.05) is 6.07 Å². The van der Waals surface area contributed by atoms with Gasteiger partial charge in [0, 0.05) is 12.3 Å². The summed E-state index contributed by atoms with van der Waals surface area (Å²) in [6.45, 7) is 0. The Balaban J connectivity index is 2.22. The molecule has 0 saturated heterocycles. The highest BCUT2D eigenvalue weighted by Gasteiger charge is 2.01. The summed E-state index contributed by atoms with van der Waals surface area (Å²) in [5.74, 6) is 1.72. The second kappa shape index (κ2) is 4.27. The van der Waals surface area contributed by atoms with Gasteiger partial charge in [-0.15, -0.1) is 0 Å². The Bertz CT molecular complexity index is 461. The first-order valence-corrected chi connectivity index (χ1v) is 5.04. The fourth-order valence-corrected chi connectivity index (χ4v) is 1.36. The molecule has 0 fully saturated rings. The van der Waals surface area contributed by atoms with Gasteiger partial charge in [0.1, 0.15) is 17.3 Å². The number of hydrogen-bond donors (Lipinski definition) is 1. The lowest BCUT2D eigenvalue weighted by Gasteiger charge is -2.05. The highest BCUT2D eigenvalue weighted by molar-refractivity contribution is 9.10. The van der Waals surface area contributed by atoms with Crippen molar-refractivity contribution in [2.24, 2.45) is 0 Å². The number of nitrogens with two attached hydrogens (primary N) is 1. The van der Waals surface area contributed by atoms with E-state index in [9.17, 15) is 0 Å². The first kappa shape index (κ1) is 9.92. The molecule has 0 spiro atoms. The van der Waals surface area contributed by atoms with Crippen LogP contribution in [0.4, 0.5) is 5.82 Å². The number of nitrogens with zero attached hydrogens (tertiary/aromatic N) is 2. The third-order valence-corrected chi connectivity index (χ3v) is 2.35. The van der Waals surface area contributed by atoms with E-state index in [0.29, 0.717) is 21.8 Å². The molecule has 4 nitrogen and oxygen atoms in total. The Labute approximate surface area is 95.2 Å². The Morgan fingerprint density at radius 1 is 1.27 bits per heavy atom. The maximum absolute atomic E-state index is 5.56. The van der Waals surface area contributed by atoms with Crippen LogP contribution < -0.4 is 10.5 Å². The average molecular weight is 266 g/mol. The van der Waals surface area contributed by atoms with Gasteiger partial charge in [-0.2, -0.15) is 0 Å². The van der Waals surface area contributed by atoms with Crippen LogP contribution >= 0.6 is 15.9 Å². The van der Waals surface area contributed by atoms with Crippen LogP contribution in [0, 0.1) is 0 Å². The zero-order valence-electron chi connectivity index (χ0n) is 7.72. The molecule has 76 valence electrons. The van der Waals surface area contributed by atoms with Crippen molar-refractivity contribution in [3.05, 3.63) is 41.3 Å². The van der Waals surface area contributed by atoms with Gasteiger partial charge in [-0.3, -0.25) is 4.98 Å². The molecule has 2 rings (SSSR count). The highest BCUT2D eigenvalue weighted by Crippen LogP contribution is 2.25. The van der Waals surface area contributed by atoms with Gasteiger partial charge in [0.25, 0.3) is 0 Å². The number of anilines is 1. The number of nitrogen functional groups attached to an aromatic ring is 1. The highest BCUT2D eigenvalue weighted by atomic mass is 79.9. The molecule has 2 N–H and O–H groups in total. The van der Waals surface area contributed by atoms with Gasteiger partial charge in [-0.1, -0.05) is 0 Å². The minimum atomic E-state index is 0.438. The third-order valence-electron chi connectivity index (χ3n) is 1.71. The molecule has 0 aromatic carbocycles. The topological polar surface area (TPSA) is 61.0 Å². The van der Waals surface area contributed by atoms with Crippen molar-refractivity contribution >= 4 is 21.7 Å². The van der Waals surface area contributed by atoms with Crippen molar-refractivity contribution in [1.82, 2.24) is 9.97 Å². The second-order valence-electron chi connectivity index (χ2n) is 2.83. The fraction of sp³-hybridized carbons (Fsp3) is 0. The Hall–Kier alpha value is -1.62. The monoisotopic (exact) mass is 265 g/mol. The SMILES string of the molecule is Nc1ncc(Oc2cccnc2)cc1Br. The van der Waals surface area contributed by atoms with Crippen LogP contribution in [0.3, 0.4) is 0 Å². The van der Waals surface area contributed by atoms with Crippen LogP contribution in [0.2, 0.25) is 0 Å². The molecular weight excluding hydrogens is 258 g/mol. The van der Waals surface area contributed by atoms with Crippen LogP contribution in [-0.4, -0.2) is 9.97 Å². The second-order valence-corrected chi connectivity index (χ2v) is 3.68. The molecule has 0 aliphatic heterocycles. The van der Waals surface area contributed by atoms with Crippen LogP contribution in [0.1, 0.15) is 0 Å². The standard InChI is InChI=1S/C10H8BrN3O/c11-9-4-8(6-14-10(9)12)15-7-2-1-3-13-5-7/h1-6H,(H2,12,14). The number of rotatable bonds is 2. The number of ether oxygens (including phenoxy) is 1. The lowest BCUT2D eigenvalue weighted by Crippen LogP contribution is -1.92. The van der Waals surface area contributed by atoms with Crippen molar-refractivity contribution in [2.75, 3.05) is 5.73 Å². The quantitative estimate of drug-likeness (QED) is 0.907. The minimum Gasteiger partial charge on any atom is -0.454 e. The summed E-state index contributed by atoms with van der Waals surface area (Å²) in [7, 11) is 0. The summed E-state index contributed by atoms with van der Waals surface area (Å²) in [6, 6.07) is 5.38. The molecule has 0 unspecified atom stereocenters. The van der Waals surface area contributed by atoms with E-state index in [2.05, 4.69) is 25.9 Å². The summed E-state index contributed by atoms with van der Waals surface area (Å²) in [6.07, 6.45) is 4.88. The molecule has 0 saturated carbocycles. The van der Waals surface area contributed by atoms with E-state index in [0.717, 1.165) is 0 Å². The van der Waals surface area contributed by atoms with Gasteiger partial charge in [0.15, 0.2) is 0 Å². The van der Waals surface area contributed by atoms with Crippen molar-refractivity contribution < 1.29 is 4.74 Å². The Morgan fingerprint density at radius 3 is 2.80 bits per heavy atom. The van der Waals surface area contributed by atoms with E-state index < -0.39 is 0 Å². The molecule has 15 heavy (non-hydrogen) atoms. The molecule has 2 heterocycles. The molecule has 0 atom stereocenters. The lowest BCUT2D eigenvalue weighted by molar-refractivity contribution is 0.478. The van der Waals surface area contributed by atoms with Crippen LogP contribution in [0.25, 0.3) is 0 Å². The zero-order chi connectivity index (χ0) is 10.7. The smallest absolute Gasteiger partial charge is 0.147 e. The molecule has 0 radical (unpaired) electrons. The molecule has 5 heteroatoms. The third kappa shape index (κ3) is 2.44. The van der Waals surface area contributed by atoms with E-state index in [4.69, 9.17) is 10.5 Å². The number of aromatic nitrogens is 2. The maximum atomic E-state index is 5.56. The molecule has 0 bridgehead atoms. The summed E-state index contributed by atoms with van der Waals surface area (Å²) in [5, 5.41) is 0. The van der Waals surface area contributed by atoms with Crippen molar-refractivity contribution in [1.29, 1.82) is 0 Å². The summed E-state index contributed by atoms with van der Waals surface area (Å²) < 4.78 is 6.22. The van der Waals surface area contributed by atoms with Crippen molar-refractivity contribution in [3.63, 3.8) is 0 Å². The molecule has 0 amide bonds. The first-order chi connectivity index (χ1) is 7.25. The van der Waals surface area contributed by atoms with Crippen molar-refractivity contribution in [2.45, 2.75) is 0 Å². The van der Waals surface area contributed by atoms with E-state index >= 15 is 0 Å². The number of hydrogen-bond acceptors (Lipinski definition) is 4. The van der Waals surface area contributed by atoms with Gasteiger partial charge in [-0.05, 0) is 28.1 Å². The zero-order valence-corrected chi connectivity index (χ0v) is 9.31. The van der Waals surface area contributed by atoms with Crippen LogP contribution in [0.15, 0.2) is 41.3 Å². The van der Waals surface area contributed by atoms with E-state index in [-0.39, 0.29) is 0 Å². The first-order valence-electron chi connectivity index (χ1n) is 4.24. The molecular formula is C10H8BrN3O. The molecule has 2 aromatic heterocycles. The summed E-state index contributed by atoms with van der Waals surface area (Å²) in [4.78, 5) is 7.90.